The third-order valence-corrected chi connectivity index (χ3v) is 1.72. The van der Waals surface area contributed by atoms with Crippen molar-refractivity contribution in [3.8, 4) is 5.75 Å². The lowest BCUT2D eigenvalue weighted by Crippen LogP contribution is -2.11. The SMILES string of the molecule is COC(=O)c1ccc(O)cc1NC(C)=O. The zero-order valence-electron chi connectivity index (χ0n) is 8.40. The number of hydrogen-bond acceptors (Lipinski definition) is 4. The Labute approximate surface area is 86.7 Å². The fourth-order valence-electron chi connectivity index (χ4n) is 1.11. The Morgan fingerprint density at radius 3 is 2.60 bits per heavy atom. The summed E-state index contributed by atoms with van der Waals surface area (Å²) in [6, 6.07) is 4.01. The number of phenols is 1. The molecule has 0 radical (unpaired) electrons. The molecule has 0 aromatic heterocycles. The van der Waals surface area contributed by atoms with E-state index < -0.39 is 5.97 Å². The minimum Gasteiger partial charge on any atom is -0.508 e. The minimum absolute atomic E-state index is 0.0357. The molecule has 0 aliphatic rings. The fraction of sp³-hybridized carbons (Fsp3) is 0.200. The zero-order chi connectivity index (χ0) is 11.4. The van der Waals surface area contributed by atoms with Gasteiger partial charge in [0.2, 0.25) is 5.91 Å². The van der Waals surface area contributed by atoms with Crippen molar-refractivity contribution in [1.29, 1.82) is 0 Å². The lowest BCUT2D eigenvalue weighted by molar-refractivity contribution is -0.114. The van der Waals surface area contributed by atoms with E-state index in [0.29, 0.717) is 0 Å². The molecular formula is C10H11NO4. The Kier molecular flexibility index (Phi) is 3.28. The van der Waals surface area contributed by atoms with Crippen molar-refractivity contribution in [2.24, 2.45) is 0 Å². The molecule has 0 aliphatic carbocycles. The molecule has 0 heterocycles. The van der Waals surface area contributed by atoms with Gasteiger partial charge in [0.1, 0.15) is 5.75 Å². The second kappa shape index (κ2) is 4.45. The Balaban J connectivity index is 3.13. The van der Waals surface area contributed by atoms with Crippen LogP contribution >= 0.6 is 0 Å². The molecule has 0 aliphatic heterocycles. The second-order valence-electron chi connectivity index (χ2n) is 2.90. The van der Waals surface area contributed by atoms with Gasteiger partial charge < -0.3 is 15.2 Å². The van der Waals surface area contributed by atoms with E-state index in [1.807, 2.05) is 0 Å². The summed E-state index contributed by atoms with van der Waals surface area (Å²) in [5.74, 6) is -0.934. The van der Waals surface area contributed by atoms with Crippen LogP contribution in [0, 0.1) is 0 Å². The van der Waals surface area contributed by atoms with Crippen molar-refractivity contribution in [3.63, 3.8) is 0 Å². The van der Waals surface area contributed by atoms with Gasteiger partial charge in [-0.2, -0.15) is 0 Å². The monoisotopic (exact) mass is 209 g/mol. The van der Waals surface area contributed by atoms with Crippen molar-refractivity contribution < 1.29 is 19.4 Å². The van der Waals surface area contributed by atoms with Crippen LogP contribution in [0.25, 0.3) is 0 Å². The van der Waals surface area contributed by atoms with Crippen LogP contribution in [0.5, 0.6) is 5.75 Å². The van der Waals surface area contributed by atoms with Gasteiger partial charge in [0.15, 0.2) is 0 Å². The summed E-state index contributed by atoms with van der Waals surface area (Å²) in [6.45, 7) is 1.31. The highest BCUT2D eigenvalue weighted by Crippen LogP contribution is 2.22. The lowest BCUT2D eigenvalue weighted by Gasteiger charge is -2.08. The smallest absolute Gasteiger partial charge is 0.339 e. The quantitative estimate of drug-likeness (QED) is 0.716. The normalized spacial score (nSPS) is 9.47. The number of phenolic OH excluding ortho intramolecular Hbond substituents is 1. The van der Waals surface area contributed by atoms with Crippen molar-refractivity contribution in [3.05, 3.63) is 23.8 Å². The average Bonchev–Trinajstić information content (AvgIpc) is 2.16. The molecule has 0 saturated carbocycles. The maximum Gasteiger partial charge on any atom is 0.339 e. The zero-order valence-corrected chi connectivity index (χ0v) is 8.40. The topological polar surface area (TPSA) is 75.6 Å². The molecule has 2 N–H and O–H groups in total. The van der Waals surface area contributed by atoms with E-state index >= 15 is 0 Å². The van der Waals surface area contributed by atoms with Gasteiger partial charge in [0.25, 0.3) is 0 Å². The van der Waals surface area contributed by atoms with Gasteiger partial charge in [-0.1, -0.05) is 0 Å². The summed E-state index contributed by atoms with van der Waals surface area (Å²) in [5, 5.41) is 11.6. The fourth-order valence-corrected chi connectivity index (χ4v) is 1.11. The molecule has 15 heavy (non-hydrogen) atoms. The van der Waals surface area contributed by atoms with Gasteiger partial charge >= 0.3 is 5.97 Å². The van der Waals surface area contributed by atoms with E-state index in [4.69, 9.17) is 0 Å². The van der Waals surface area contributed by atoms with Crippen molar-refractivity contribution in [2.75, 3.05) is 12.4 Å². The van der Waals surface area contributed by atoms with Crippen LogP contribution in [0.1, 0.15) is 17.3 Å². The number of benzene rings is 1. The van der Waals surface area contributed by atoms with Crippen molar-refractivity contribution in [2.45, 2.75) is 6.92 Å². The van der Waals surface area contributed by atoms with E-state index in [1.165, 1.54) is 32.2 Å². The van der Waals surface area contributed by atoms with Gasteiger partial charge in [-0.25, -0.2) is 4.79 Å². The highest BCUT2D eigenvalue weighted by molar-refractivity contribution is 6.00. The Hall–Kier alpha value is -2.04. The molecule has 0 fully saturated rings. The summed E-state index contributed by atoms with van der Waals surface area (Å²) >= 11 is 0. The molecule has 1 rings (SSSR count). The molecule has 0 atom stereocenters. The predicted octanol–water partition coefficient (Wildman–Crippen LogP) is 1.14. The van der Waals surface area contributed by atoms with Gasteiger partial charge in [-0.05, 0) is 12.1 Å². The predicted molar refractivity (Wildman–Crippen MR) is 53.8 cm³/mol. The van der Waals surface area contributed by atoms with Gasteiger partial charge in [-0.15, -0.1) is 0 Å². The van der Waals surface area contributed by atoms with Crippen molar-refractivity contribution in [1.82, 2.24) is 0 Å². The number of methoxy groups -OCH3 is 1. The first-order chi connectivity index (χ1) is 7.04. The number of ether oxygens (including phenoxy) is 1. The highest BCUT2D eigenvalue weighted by atomic mass is 16.5. The summed E-state index contributed by atoms with van der Waals surface area (Å²) in [4.78, 5) is 22.1. The Morgan fingerprint density at radius 1 is 1.40 bits per heavy atom. The number of carbonyl (C=O) groups is 2. The van der Waals surface area contributed by atoms with Crippen LogP contribution in [-0.4, -0.2) is 24.1 Å². The van der Waals surface area contributed by atoms with Crippen LogP contribution < -0.4 is 5.32 Å². The molecule has 0 saturated heterocycles. The van der Waals surface area contributed by atoms with Gasteiger partial charge in [-0.3, -0.25) is 4.79 Å². The number of carbonyl (C=O) groups excluding carboxylic acids is 2. The molecule has 0 bridgehead atoms. The Morgan fingerprint density at radius 2 is 2.07 bits per heavy atom. The van der Waals surface area contributed by atoms with Crippen LogP contribution in [0.4, 0.5) is 5.69 Å². The van der Waals surface area contributed by atoms with E-state index in [0.717, 1.165) is 0 Å². The second-order valence-corrected chi connectivity index (χ2v) is 2.90. The maximum absolute atomic E-state index is 11.3. The number of hydrogen-bond donors (Lipinski definition) is 2. The number of rotatable bonds is 2. The average molecular weight is 209 g/mol. The van der Waals surface area contributed by atoms with E-state index in [-0.39, 0.29) is 22.9 Å². The summed E-state index contributed by atoms with van der Waals surface area (Å²) < 4.78 is 4.53. The molecule has 80 valence electrons. The first-order valence-corrected chi connectivity index (χ1v) is 4.23. The number of esters is 1. The molecule has 1 amide bonds. The first-order valence-electron chi connectivity index (χ1n) is 4.23. The van der Waals surface area contributed by atoms with E-state index in [9.17, 15) is 14.7 Å². The molecule has 5 heteroatoms. The first kappa shape index (κ1) is 11.0. The standard InChI is InChI=1S/C10H11NO4/c1-6(12)11-9-5-7(13)3-4-8(9)10(14)15-2/h3-5,13H,1-2H3,(H,11,12). The molecule has 0 unspecified atom stereocenters. The summed E-state index contributed by atoms with van der Waals surface area (Å²) in [5.41, 5.74) is 0.430. The molecule has 5 nitrogen and oxygen atoms in total. The van der Waals surface area contributed by atoms with E-state index in [2.05, 4.69) is 10.1 Å². The van der Waals surface area contributed by atoms with Crippen LogP contribution in [0.15, 0.2) is 18.2 Å². The number of aromatic hydroxyl groups is 1. The van der Waals surface area contributed by atoms with Gasteiger partial charge in [0.05, 0.1) is 18.4 Å². The third kappa shape index (κ3) is 2.70. The number of amides is 1. The van der Waals surface area contributed by atoms with Crippen LogP contribution in [0.3, 0.4) is 0 Å². The van der Waals surface area contributed by atoms with Crippen LogP contribution in [-0.2, 0) is 9.53 Å². The highest BCUT2D eigenvalue weighted by Gasteiger charge is 2.12. The summed E-state index contributed by atoms with van der Waals surface area (Å²) in [7, 11) is 1.24. The molecule has 1 aromatic rings. The number of anilines is 1. The van der Waals surface area contributed by atoms with Gasteiger partial charge in [0, 0.05) is 13.0 Å². The maximum atomic E-state index is 11.3. The Bertz CT molecular complexity index is 400. The minimum atomic E-state index is -0.571. The van der Waals surface area contributed by atoms with Crippen LogP contribution in [0.2, 0.25) is 0 Å². The van der Waals surface area contributed by atoms with Crippen molar-refractivity contribution >= 4 is 17.6 Å². The molecule has 1 aromatic carbocycles. The molecule has 0 spiro atoms. The number of nitrogens with one attached hydrogen (secondary N) is 1. The third-order valence-electron chi connectivity index (χ3n) is 1.72. The van der Waals surface area contributed by atoms with E-state index in [1.54, 1.807) is 0 Å². The lowest BCUT2D eigenvalue weighted by atomic mass is 10.1. The summed E-state index contributed by atoms with van der Waals surface area (Å²) in [6.07, 6.45) is 0. The molecular weight excluding hydrogens is 198 g/mol. The largest absolute Gasteiger partial charge is 0.508 e.